The summed E-state index contributed by atoms with van der Waals surface area (Å²) in [6.45, 7) is 10.5. The highest BCUT2D eigenvalue weighted by Crippen LogP contribution is 2.41. The van der Waals surface area contributed by atoms with Crippen LogP contribution in [-0.4, -0.2) is 44.5 Å². The van der Waals surface area contributed by atoms with E-state index in [1.54, 1.807) is 0 Å². The molecule has 23 heavy (non-hydrogen) atoms. The van der Waals surface area contributed by atoms with Gasteiger partial charge in [0.15, 0.2) is 5.82 Å². The Morgan fingerprint density at radius 1 is 1.26 bits per heavy atom. The Balaban J connectivity index is 1.45. The Hall–Kier alpha value is -1.46. The summed E-state index contributed by atoms with van der Waals surface area (Å²) >= 11 is 0. The van der Waals surface area contributed by atoms with Gasteiger partial charge in [-0.1, -0.05) is 26.0 Å². The number of H-pyrrole nitrogens is 1. The molecule has 3 rings (SSSR count). The number of likely N-dealkylation sites (tertiary alicyclic amines) is 1. The molecule has 0 bridgehead atoms. The summed E-state index contributed by atoms with van der Waals surface area (Å²) in [4.78, 5) is 14.4. The number of amides is 1. The predicted molar refractivity (Wildman–Crippen MR) is 87.6 cm³/mol. The Kier molecular flexibility index (Phi) is 4.19. The minimum atomic E-state index is -0.132. The summed E-state index contributed by atoms with van der Waals surface area (Å²) in [6, 6.07) is 0. The predicted octanol–water partition coefficient (Wildman–Crippen LogP) is 2.54. The van der Waals surface area contributed by atoms with Crippen LogP contribution in [0.1, 0.15) is 65.6 Å². The van der Waals surface area contributed by atoms with Crippen molar-refractivity contribution in [3.8, 4) is 0 Å². The standard InChI is InChI=1S/C17H29N5O/c1-16(2,3)13-7-5-12(6-8-13)9-14(23)22-10-17(4,11-22)15-18-20-21-19-15/h12-13H,5-11H2,1-4H3,(H,18,19,20,21). The number of tetrazole rings is 1. The average molecular weight is 319 g/mol. The van der Waals surface area contributed by atoms with Crippen molar-refractivity contribution >= 4 is 5.91 Å². The van der Waals surface area contributed by atoms with Crippen molar-refractivity contribution in [2.75, 3.05) is 13.1 Å². The summed E-state index contributed by atoms with van der Waals surface area (Å²) in [7, 11) is 0. The summed E-state index contributed by atoms with van der Waals surface area (Å²) in [5, 5.41) is 14.2. The van der Waals surface area contributed by atoms with E-state index in [2.05, 4.69) is 48.3 Å². The highest BCUT2D eigenvalue weighted by molar-refractivity contribution is 5.77. The molecule has 0 spiro atoms. The zero-order chi connectivity index (χ0) is 16.7. The minimum Gasteiger partial charge on any atom is -0.341 e. The van der Waals surface area contributed by atoms with Crippen LogP contribution in [0.15, 0.2) is 0 Å². The van der Waals surface area contributed by atoms with E-state index in [4.69, 9.17) is 0 Å². The molecule has 0 atom stereocenters. The summed E-state index contributed by atoms with van der Waals surface area (Å²) in [6.07, 6.45) is 5.64. The van der Waals surface area contributed by atoms with Crippen LogP contribution >= 0.6 is 0 Å². The fourth-order valence-corrected chi connectivity index (χ4v) is 4.14. The van der Waals surface area contributed by atoms with Crippen LogP contribution in [0, 0.1) is 17.3 Å². The average Bonchev–Trinajstić information content (AvgIpc) is 2.98. The monoisotopic (exact) mass is 319 g/mol. The zero-order valence-electron chi connectivity index (χ0n) is 14.8. The number of carbonyl (C=O) groups is 1. The molecule has 2 fully saturated rings. The molecule has 0 aromatic carbocycles. The fourth-order valence-electron chi connectivity index (χ4n) is 4.14. The molecule has 1 aliphatic carbocycles. The Bertz CT molecular complexity index is 534. The van der Waals surface area contributed by atoms with Crippen molar-refractivity contribution in [3.63, 3.8) is 0 Å². The molecular weight excluding hydrogens is 290 g/mol. The van der Waals surface area contributed by atoms with Gasteiger partial charge >= 0.3 is 0 Å². The quantitative estimate of drug-likeness (QED) is 0.929. The number of nitrogens with one attached hydrogen (secondary N) is 1. The van der Waals surface area contributed by atoms with E-state index in [0.717, 1.165) is 5.92 Å². The van der Waals surface area contributed by atoms with E-state index in [-0.39, 0.29) is 5.41 Å². The summed E-state index contributed by atoms with van der Waals surface area (Å²) < 4.78 is 0. The summed E-state index contributed by atoms with van der Waals surface area (Å²) in [5.41, 5.74) is 0.269. The second-order valence-corrected chi connectivity index (χ2v) is 8.83. The second kappa shape index (κ2) is 5.87. The lowest BCUT2D eigenvalue weighted by Gasteiger charge is -2.46. The van der Waals surface area contributed by atoms with Crippen molar-refractivity contribution in [1.29, 1.82) is 0 Å². The number of aromatic nitrogens is 4. The maximum atomic E-state index is 12.5. The van der Waals surface area contributed by atoms with Gasteiger partial charge in [-0.3, -0.25) is 4.79 Å². The molecule has 1 saturated carbocycles. The minimum absolute atomic E-state index is 0.132. The first-order valence-electron chi connectivity index (χ1n) is 8.80. The lowest BCUT2D eigenvalue weighted by Crippen LogP contribution is -2.60. The van der Waals surface area contributed by atoms with E-state index in [9.17, 15) is 4.79 Å². The van der Waals surface area contributed by atoms with E-state index < -0.39 is 0 Å². The van der Waals surface area contributed by atoms with Gasteiger partial charge in [0.25, 0.3) is 0 Å². The van der Waals surface area contributed by atoms with Crippen LogP contribution in [0.25, 0.3) is 0 Å². The second-order valence-electron chi connectivity index (χ2n) is 8.83. The highest BCUT2D eigenvalue weighted by atomic mass is 16.2. The molecule has 6 nitrogen and oxygen atoms in total. The maximum Gasteiger partial charge on any atom is 0.222 e. The summed E-state index contributed by atoms with van der Waals surface area (Å²) in [5.74, 6) is 2.38. The molecule has 1 saturated heterocycles. The van der Waals surface area contributed by atoms with Gasteiger partial charge in [0.05, 0.1) is 5.41 Å². The molecule has 6 heteroatoms. The molecule has 1 N–H and O–H groups in total. The molecule has 1 aliphatic heterocycles. The molecule has 0 unspecified atom stereocenters. The molecular formula is C17H29N5O. The van der Waals surface area contributed by atoms with Crippen molar-refractivity contribution in [3.05, 3.63) is 5.82 Å². The van der Waals surface area contributed by atoms with Crippen molar-refractivity contribution in [1.82, 2.24) is 25.5 Å². The van der Waals surface area contributed by atoms with Gasteiger partial charge < -0.3 is 4.90 Å². The van der Waals surface area contributed by atoms with Crippen LogP contribution in [0.5, 0.6) is 0 Å². The van der Waals surface area contributed by atoms with Gasteiger partial charge in [-0.25, -0.2) is 0 Å². The van der Waals surface area contributed by atoms with Crippen LogP contribution < -0.4 is 0 Å². The maximum absolute atomic E-state index is 12.5. The van der Waals surface area contributed by atoms with Gasteiger partial charge in [0.2, 0.25) is 5.91 Å². The first-order valence-corrected chi connectivity index (χ1v) is 8.80. The first kappa shape index (κ1) is 16.4. The van der Waals surface area contributed by atoms with E-state index in [1.165, 1.54) is 25.7 Å². The lowest BCUT2D eigenvalue weighted by molar-refractivity contribution is -0.140. The number of rotatable bonds is 3. The third-order valence-corrected chi connectivity index (χ3v) is 5.85. The SMILES string of the molecule is CC1(c2nn[nH]n2)CN(C(=O)CC2CCC(C(C)(C)C)CC2)C1. The Morgan fingerprint density at radius 3 is 2.43 bits per heavy atom. The van der Waals surface area contributed by atoms with E-state index >= 15 is 0 Å². The normalized spacial score (nSPS) is 27.6. The Labute approximate surface area is 138 Å². The smallest absolute Gasteiger partial charge is 0.222 e. The molecule has 1 aromatic rings. The van der Waals surface area contributed by atoms with E-state index in [1.807, 2.05) is 4.90 Å². The number of hydrogen-bond acceptors (Lipinski definition) is 4. The van der Waals surface area contributed by atoms with E-state index in [0.29, 0.717) is 42.6 Å². The number of carbonyl (C=O) groups excluding carboxylic acids is 1. The number of hydrogen-bond donors (Lipinski definition) is 1. The Morgan fingerprint density at radius 2 is 1.91 bits per heavy atom. The molecule has 1 amide bonds. The molecule has 1 aromatic heterocycles. The van der Waals surface area contributed by atoms with Crippen molar-refractivity contribution in [2.45, 2.75) is 65.2 Å². The highest BCUT2D eigenvalue weighted by Gasteiger charge is 2.46. The van der Waals surface area contributed by atoms with Gasteiger partial charge in [-0.05, 0) is 49.9 Å². The van der Waals surface area contributed by atoms with Crippen LogP contribution in [0.2, 0.25) is 0 Å². The number of nitrogens with zero attached hydrogens (tertiary/aromatic N) is 4. The molecule has 0 radical (unpaired) electrons. The van der Waals surface area contributed by atoms with Crippen LogP contribution in [0.4, 0.5) is 0 Å². The fraction of sp³-hybridized carbons (Fsp3) is 0.882. The van der Waals surface area contributed by atoms with Gasteiger partial charge in [-0.15, -0.1) is 10.2 Å². The molecule has 2 aliphatic rings. The van der Waals surface area contributed by atoms with Crippen molar-refractivity contribution in [2.24, 2.45) is 17.3 Å². The van der Waals surface area contributed by atoms with Gasteiger partial charge in [0, 0.05) is 19.5 Å². The third kappa shape index (κ3) is 3.40. The van der Waals surface area contributed by atoms with Crippen molar-refractivity contribution < 1.29 is 4.79 Å². The van der Waals surface area contributed by atoms with Crippen LogP contribution in [0.3, 0.4) is 0 Å². The number of aromatic amines is 1. The zero-order valence-corrected chi connectivity index (χ0v) is 14.8. The lowest BCUT2D eigenvalue weighted by atomic mass is 9.69. The van der Waals surface area contributed by atoms with Gasteiger partial charge in [-0.2, -0.15) is 5.21 Å². The molecule has 2 heterocycles. The van der Waals surface area contributed by atoms with Crippen LogP contribution in [-0.2, 0) is 10.2 Å². The molecule has 128 valence electrons. The first-order chi connectivity index (χ1) is 10.8. The third-order valence-electron chi connectivity index (χ3n) is 5.85. The topological polar surface area (TPSA) is 74.8 Å². The van der Waals surface area contributed by atoms with Gasteiger partial charge in [0.1, 0.15) is 0 Å². The largest absolute Gasteiger partial charge is 0.341 e.